The van der Waals surface area contributed by atoms with Gasteiger partial charge in [-0.3, -0.25) is 4.79 Å². The third-order valence-electron chi connectivity index (χ3n) is 3.68. The highest BCUT2D eigenvalue weighted by molar-refractivity contribution is 6.32. The number of hydrogen-bond acceptors (Lipinski definition) is 5. The van der Waals surface area contributed by atoms with Gasteiger partial charge < -0.3 is 14.6 Å². The Morgan fingerprint density at radius 2 is 1.92 bits per heavy atom. The van der Waals surface area contributed by atoms with Crippen molar-refractivity contribution in [1.29, 1.82) is 0 Å². The molecule has 26 heavy (non-hydrogen) atoms. The molecule has 1 unspecified atom stereocenters. The van der Waals surface area contributed by atoms with Crippen molar-refractivity contribution >= 4 is 17.5 Å². The van der Waals surface area contributed by atoms with Gasteiger partial charge in [0.15, 0.2) is 6.10 Å². The van der Waals surface area contributed by atoms with E-state index in [1.54, 1.807) is 24.3 Å². The Bertz CT molecular complexity index is 867. The summed E-state index contributed by atoms with van der Waals surface area (Å²) in [4.78, 5) is 16.7. The van der Waals surface area contributed by atoms with Crippen molar-refractivity contribution in [2.75, 3.05) is 0 Å². The van der Waals surface area contributed by atoms with E-state index >= 15 is 0 Å². The number of aromatic nitrogens is 2. The molecular formula is C19H18ClN3O3. The van der Waals surface area contributed by atoms with Crippen molar-refractivity contribution in [3.05, 3.63) is 65.5 Å². The molecular weight excluding hydrogens is 354 g/mol. The standard InChI is InChI=1S/C19H18ClN3O3/c1-2-15(25-16-11-7-6-10-14(16)20)19(24)21-12-17-22-18(23-26-17)13-8-4-3-5-9-13/h3-11,15H,2,12H2,1H3,(H,21,24). The van der Waals surface area contributed by atoms with Gasteiger partial charge in [0, 0.05) is 5.56 Å². The number of hydrogen-bond donors (Lipinski definition) is 1. The maximum Gasteiger partial charge on any atom is 0.261 e. The molecule has 1 atom stereocenters. The largest absolute Gasteiger partial charge is 0.479 e. The number of nitrogens with zero attached hydrogens (tertiary/aromatic N) is 2. The zero-order valence-electron chi connectivity index (χ0n) is 14.2. The van der Waals surface area contributed by atoms with Gasteiger partial charge in [-0.2, -0.15) is 4.98 Å². The molecule has 1 amide bonds. The maximum absolute atomic E-state index is 12.4. The molecule has 1 heterocycles. The van der Waals surface area contributed by atoms with Crippen LogP contribution in [0.3, 0.4) is 0 Å². The SMILES string of the molecule is CCC(Oc1ccccc1Cl)C(=O)NCc1nc(-c2ccccc2)no1. The fourth-order valence-electron chi connectivity index (χ4n) is 2.32. The van der Waals surface area contributed by atoms with Crippen LogP contribution < -0.4 is 10.1 Å². The van der Waals surface area contributed by atoms with Crippen molar-refractivity contribution in [3.63, 3.8) is 0 Å². The predicted molar refractivity (Wildman–Crippen MR) is 97.7 cm³/mol. The second-order valence-electron chi connectivity index (χ2n) is 5.54. The lowest BCUT2D eigenvalue weighted by atomic mass is 10.2. The maximum atomic E-state index is 12.4. The molecule has 3 aromatic rings. The predicted octanol–water partition coefficient (Wildman–Crippen LogP) is 3.86. The summed E-state index contributed by atoms with van der Waals surface area (Å²) in [7, 11) is 0. The first-order valence-corrected chi connectivity index (χ1v) is 8.62. The minimum Gasteiger partial charge on any atom is -0.479 e. The van der Waals surface area contributed by atoms with Crippen molar-refractivity contribution in [2.24, 2.45) is 0 Å². The van der Waals surface area contributed by atoms with E-state index in [4.69, 9.17) is 20.9 Å². The highest BCUT2D eigenvalue weighted by atomic mass is 35.5. The molecule has 134 valence electrons. The van der Waals surface area contributed by atoms with E-state index in [0.29, 0.717) is 28.9 Å². The summed E-state index contributed by atoms with van der Waals surface area (Å²) < 4.78 is 10.9. The Kier molecular flexibility index (Phi) is 5.86. The molecule has 2 aromatic carbocycles. The number of ether oxygens (including phenoxy) is 1. The molecule has 0 saturated carbocycles. The molecule has 0 aliphatic carbocycles. The lowest BCUT2D eigenvalue weighted by molar-refractivity contribution is -0.128. The summed E-state index contributed by atoms with van der Waals surface area (Å²) >= 11 is 6.07. The normalized spacial score (nSPS) is 11.8. The first-order valence-electron chi connectivity index (χ1n) is 8.24. The van der Waals surface area contributed by atoms with Gasteiger partial charge in [-0.15, -0.1) is 0 Å². The summed E-state index contributed by atoms with van der Waals surface area (Å²) in [6.45, 7) is 1.99. The number of nitrogens with one attached hydrogen (secondary N) is 1. The lowest BCUT2D eigenvalue weighted by Crippen LogP contribution is -2.37. The molecule has 0 aliphatic rings. The average molecular weight is 372 g/mol. The van der Waals surface area contributed by atoms with Crippen molar-refractivity contribution in [3.8, 4) is 17.1 Å². The third kappa shape index (κ3) is 4.40. The van der Waals surface area contributed by atoms with Crippen LogP contribution in [0.2, 0.25) is 5.02 Å². The number of benzene rings is 2. The quantitative estimate of drug-likeness (QED) is 0.682. The fraction of sp³-hybridized carbons (Fsp3) is 0.211. The van der Waals surface area contributed by atoms with Gasteiger partial charge in [-0.05, 0) is 18.6 Å². The Labute approximate surface area is 156 Å². The van der Waals surface area contributed by atoms with E-state index in [2.05, 4.69) is 15.5 Å². The third-order valence-corrected chi connectivity index (χ3v) is 4.00. The van der Waals surface area contributed by atoms with Crippen molar-refractivity contribution < 1.29 is 14.1 Å². The average Bonchev–Trinajstić information content (AvgIpc) is 3.15. The van der Waals surface area contributed by atoms with Gasteiger partial charge in [0.1, 0.15) is 5.75 Å². The molecule has 0 fully saturated rings. The van der Waals surface area contributed by atoms with E-state index in [9.17, 15) is 4.79 Å². The van der Waals surface area contributed by atoms with Gasteiger partial charge in [-0.1, -0.05) is 66.1 Å². The van der Waals surface area contributed by atoms with Crippen LogP contribution in [0, 0.1) is 0 Å². The summed E-state index contributed by atoms with van der Waals surface area (Å²) in [6, 6.07) is 16.5. The highest BCUT2D eigenvalue weighted by Crippen LogP contribution is 2.24. The monoisotopic (exact) mass is 371 g/mol. The van der Waals surface area contributed by atoms with Gasteiger partial charge in [0.25, 0.3) is 5.91 Å². The second kappa shape index (κ2) is 8.49. The van der Waals surface area contributed by atoms with Gasteiger partial charge in [0.2, 0.25) is 11.7 Å². The van der Waals surface area contributed by atoms with Crippen LogP contribution in [0.5, 0.6) is 5.75 Å². The zero-order valence-corrected chi connectivity index (χ0v) is 14.9. The van der Waals surface area contributed by atoms with E-state index in [-0.39, 0.29) is 12.5 Å². The van der Waals surface area contributed by atoms with E-state index in [1.807, 2.05) is 37.3 Å². The number of carbonyl (C=O) groups excluding carboxylic acids is 1. The Morgan fingerprint density at radius 1 is 1.19 bits per heavy atom. The molecule has 7 heteroatoms. The molecule has 0 saturated heterocycles. The first kappa shape index (κ1) is 17.9. The van der Waals surface area contributed by atoms with Crippen LogP contribution in [-0.4, -0.2) is 22.2 Å². The summed E-state index contributed by atoms with van der Waals surface area (Å²) in [5.41, 5.74) is 0.849. The number of carbonyl (C=O) groups is 1. The first-order chi connectivity index (χ1) is 12.7. The Balaban J connectivity index is 1.59. The zero-order chi connectivity index (χ0) is 18.4. The molecule has 0 bridgehead atoms. The number of rotatable bonds is 7. The summed E-state index contributed by atoms with van der Waals surface area (Å²) in [5, 5.41) is 7.14. The topological polar surface area (TPSA) is 77.2 Å². The van der Waals surface area contributed by atoms with E-state index in [1.165, 1.54) is 0 Å². The van der Waals surface area contributed by atoms with Crippen LogP contribution in [0.25, 0.3) is 11.4 Å². The van der Waals surface area contributed by atoms with Crippen molar-refractivity contribution in [1.82, 2.24) is 15.5 Å². The van der Waals surface area contributed by atoms with Crippen LogP contribution in [0.1, 0.15) is 19.2 Å². The smallest absolute Gasteiger partial charge is 0.261 e. The lowest BCUT2D eigenvalue weighted by Gasteiger charge is -2.17. The number of para-hydroxylation sites is 1. The highest BCUT2D eigenvalue weighted by Gasteiger charge is 2.20. The second-order valence-corrected chi connectivity index (χ2v) is 5.95. The van der Waals surface area contributed by atoms with Gasteiger partial charge >= 0.3 is 0 Å². The number of halogens is 1. The molecule has 1 aromatic heterocycles. The van der Waals surface area contributed by atoms with Crippen LogP contribution in [0.15, 0.2) is 59.1 Å². The molecule has 6 nitrogen and oxygen atoms in total. The summed E-state index contributed by atoms with van der Waals surface area (Å²) in [5.74, 6) is 1.01. The molecule has 0 radical (unpaired) electrons. The fourth-order valence-corrected chi connectivity index (χ4v) is 2.50. The number of amides is 1. The molecule has 1 N–H and O–H groups in total. The van der Waals surface area contributed by atoms with Crippen LogP contribution in [0.4, 0.5) is 0 Å². The van der Waals surface area contributed by atoms with Crippen molar-refractivity contribution in [2.45, 2.75) is 26.0 Å². The molecule has 0 aliphatic heterocycles. The minimum atomic E-state index is -0.661. The van der Waals surface area contributed by atoms with Crippen LogP contribution in [-0.2, 0) is 11.3 Å². The van der Waals surface area contributed by atoms with Crippen LogP contribution >= 0.6 is 11.6 Å². The van der Waals surface area contributed by atoms with Gasteiger partial charge in [0.05, 0.1) is 11.6 Å². The minimum absolute atomic E-state index is 0.126. The Hall–Kier alpha value is -2.86. The summed E-state index contributed by atoms with van der Waals surface area (Å²) in [6.07, 6.45) is -0.165. The molecule has 0 spiro atoms. The van der Waals surface area contributed by atoms with E-state index < -0.39 is 6.10 Å². The molecule has 3 rings (SSSR count). The Morgan fingerprint density at radius 3 is 2.65 bits per heavy atom. The van der Waals surface area contributed by atoms with Gasteiger partial charge in [-0.25, -0.2) is 0 Å². The van der Waals surface area contributed by atoms with E-state index in [0.717, 1.165) is 5.56 Å².